The molecule has 1 heterocycles. The molecule has 2 N–H and O–H groups in total. The summed E-state index contributed by atoms with van der Waals surface area (Å²) in [6, 6.07) is 0.126. The number of hydrogen-bond donors (Lipinski definition) is 2. The molecule has 0 aromatic rings. The first-order chi connectivity index (χ1) is 8.49. The quantitative estimate of drug-likeness (QED) is 0.813. The van der Waals surface area contributed by atoms with Gasteiger partial charge in [0.25, 0.3) is 0 Å². The number of hydrogen-bond acceptors (Lipinski definition) is 2. The van der Waals surface area contributed by atoms with Crippen LogP contribution in [-0.2, 0) is 4.79 Å². The average molecular weight is 253 g/mol. The molecule has 1 aliphatic carbocycles. The summed E-state index contributed by atoms with van der Waals surface area (Å²) in [5.41, 5.74) is 0. The molecule has 2 rings (SSSR count). The molecular formula is C15H27NO2. The fourth-order valence-electron chi connectivity index (χ4n) is 4.04. The Hall–Kier alpha value is -0.570. The van der Waals surface area contributed by atoms with Gasteiger partial charge in [-0.15, -0.1) is 0 Å². The SMILES string of the molecule is CC1CCC(C(C)C)C(C2CCC(C(=O)O)N2)C1. The number of carbonyl (C=O) groups is 1. The van der Waals surface area contributed by atoms with Crippen LogP contribution in [0.15, 0.2) is 0 Å². The van der Waals surface area contributed by atoms with Crippen LogP contribution in [0.3, 0.4) is 0 Å². The van der Waals surface area contributed by atoms with Crippen molar-refractivity contribution in [3.05, 3.63) is 0 Å². The Bertz CT molecular complexity index is 303. The highest BCUT2D eigenvalue weighted by Gasteiger charge is 2.40. The lowest BCUT2D eigenvalue weighted by Gasteiger charge is -2.41. The first kappa shape index (κ1) is 13.9. The van der Waals surface area contributed by atoms with Crippen LogP contribution >= 0.6 is 0 Å². The summed E-state index contributed by atoms with van der Waals surface area (Å²) in [5, 5.41) is 12.5. The second-order valence-electron chi connectivity index (χ2n) is 6.73. The summed E-state index contributed by atoms with van der Waals surface area (Å²) in [5.74, 6) is 2.29. The topological polar surface area (TPSA) is 49.3 Å². The highest BCUT2D eigenvalue weighted by atomic mass is 16.4. The number of rotatable bonds is 3. The van der Waals surface area contributed by atoms with Crippen LogP contribution in [0.4, 0.5) is 0 Å². The Kier molecular flexibility index (Phi) is 4.31. The van der Waals surface area contributed by atoms with Gasteiger partial charge in [0.15, 0.2) is 0 Å². The van der Waals surface area contributed by atoms with Crippen LogP contribution < -0.4 is 5.32 Å². The van der Waals surface area contributed by atoms with E-state index >= 15 is 0 Å². The van der Waals surface area contributed by atoms with Crippen LogP contribution in [0, 0.1) is 23.7 Å². The van der Waals surface area contributed by atoms with Gasteiger partial charge in [-0.1, -0.05) is 27.2 Å². The first-order valence-electron chi connectivity index (χ1n) is 7.48. The molecule has 0 bridgehead atoms. The van der Waals surface area contributed by atoms with Crippen molar-refractivity contribution < 1.29 is 9.90 Å². The lowest BCUT2D eigenvalue weighted by Crippen LogP contribution is -2.44. The molecular weight excluding hydrogens is 226 g/mol. The minimum Gasteiger partial charge on any atom is -0.480 e. The van der Waals surface area contributed by atoms with Crippen molar-refractivity contribution in [3.63, 3.8) is 0 Å². The van der Waals surface area contributed by atoms with Crippen LogP contribution in [0.1, 0.15) is 52.9 Å². The Balaban J connectivity index is 2.02. The molecule has 3 heteroatoms. The Morgan fingerprint density at radius 3 is 2.50 bits per heavy atom. The van der Waals surface area contributed by atoms with Gasteiger partial charge < -0.3 is 10.4 Å². The van der Waals surface area contributed by atoms with Crippen molar-refractivity contribution in [1.29, 1.82) is 0 Å². The smallest absolute Gasteiger partial charge is 0.320 e. The third kappa shape index (κ3) is 2.87. The summed E-state index contributed by atoms with van der Waals surface area (Å²) in [6.45, 7) is 6.97. The fourth-order valence-corrected chi connectivity index (χ4v) is 4.04. The van der Waals surface area contributed by atoms with Crippen LogP contribution in [0.25, 0.3) is 0 Å². The Morgan fingerprint density at radius 2 is 1.94 bits per heavy atom. The normalized spacial score (nSPS) is 41.2. The molecule has 5 unspecified atom stereocenters. The second-order valence-corrected chi connectivity index (χ2v) is 6.73. The van der Waals surface area contributed by atoms with Crippen molar-refractivity contribution in [2.75, 3.05) is 0 Å². The Labute approximate surface area is 110 Å². The summed E-state index contributed by atoms with van der Waals surface area (Å²) in [4.78, 5) is 11.0. The summed E-state index contributed by atoms with van der Waals surface area (Å²) in [6.07, 6.45) is 5.77. The summed E-state index contributed by atoms with van der Waals surface area (Å²) >= 11 is 0. The van der Waals surface area contributed by atoms with Crippen LogP contribution in [0.5, 0.6) is 0 Å². The van der Waals surface area contributed by atoms with Crippen molar-refractivity contribution in [2.45, 2.75) is 65.0 Å². The van der Waals surface area contributed by atoms with E-state index in [2.05, 4.69) is 26.1 Å². The number of carboxylic acids is 1. The van der Waals surface area contributed by atoms with E-state index in [1.54, 1.807) is 0 Å². The summed E-state index contributed by atoms with van der Waals surface area (Å²) in [7, 11) is 0. The van der Waals surface area contributed by atoms with Gasteiger partial charge in [-0.3, -0.25) is 4.79 Å². The van der Waals surface area contributed by atoms with Crippen molar-refractivity contribution in [2.24, 2.45) is 23.7 Å². The van der Waals surface area contributed by atoms with Gasteiger partial charge in [-0.05, 0) is 49.4 Å². The van der Waals surface area contributed by atoms with E-state index in [9.17, 15) is 4.79 Å². The molecule has 104 valence electrons. The summed E-state index contributed by atoms with van der Waals surface area (Å²) < 4.78 is 0. The van der Waals surface area contributed by atoms with Gasteiger partial charge in [0, 0.05) is 6.04 Å². The molecule has 1 saturated carbocycles. The molecule has 0 radical (unpaired) electrons. The maximum absolute atomic E-state index is 11.0. The first-order valence-corrected chi connectivity index (χ1v) is 7.48. The zero-order valence-electron chi connectivity index (χ0n) is 11.9. The van der Waals surface area contributed by atoms with E-state index in [4.69, 9.17) is 5.11 Å². The monoisotopic (exact) mass is 253 g/mol. The number of nitrogens with one attached hydrogen (secondary N) is 1. The van der Waals surface area contributed by atoms with E-state index in [-0.39, 0.29) is 6.04 Å². The number of aliphatic carboxylic acids is 1. The minimum absolute atomic E-state index is 0.306. The minimum atomic E-state index is -0.678. The van der Waals surface area contributed by atoms with Crippen molar-refractivity contribution >= 4 is 5.97 Å². The van der Waals surface area contributed by atoms with Gasteiger partial charge in [0.2, 0.25) is 0 Å². The predicted octanol–water partition coefficient (Wildman–Crippen LogP) is 2.90. The molecule has 0 aromatic carbocycles. The molecule has 1 saturated heterocycles. The Morgan fingerprint density at radius 1 is 1.22 bits per heavy atom. The van der Waals surface area contributed by atoms with E-state index in [1.165, 1.54) is 19.3 Å². The lowest BCUT2D eigenvalue weighted by molar-refractivity contribution is -0.139. The maximum Gasteiger partial charge on any atom is 0.320 e. The van der Waals surface area contributed by atoms with Crippen LogP contribution in [-0.4, -0.2) is 23.2 Å². The standard InChI is InChI=1S/C15H27NO2/c1-9(2)11-5-4-10(3)8-12(11)13-6-7-14(16-13)15(17)18/h9-14,16H,4-8H2,1-3H3,(H,17,18). The molecule has 18 heavy (non-hydrogen) atoms. The predicted molar refractivity (Wildman–Crippen MR) is 72.4 cm³/mol. The molecule has 2 aliphatic rings. The van der Waals surface area contributed by atoms with Crippen LogP contribution in [0.2, 0.25) is 0 Å². The van der Waals surface area contributed by atoms with Gasteiger partial charge >= 0.3 is 5.97 Å². The molecule has 3 nitrogen and oxygen atoms in total. The van der Waals surface area contributed by atoms with E-state index in [0.717, 1.165) is 24.7 Å². The lowest BCUT2D eigenvalue weighted by atomic mass is 9.67. The third-order valence-corrected chi connectivity index (χ3v) is 5.07. The average Bonchev–Trinajstić information content (AvgIpc) is 2.77. The fraction of sp³-hybridized carbons (Fsp3) is 0.933. The highest BCUT2D eigenvalue weighted by Crippen LogP contribution is 2.41. The molecule has 5 atom stereocenters. The zero-order chi connectivity index (χ0) is 13.3. The third-order valence-electron chi connectivity index (χ3n) is 5.07. The molecule has 0 amide bonds. The number of carboxylic acid groups (broad SMARTS) is 1. The van der Waals surface area contributed by atoms with Gasteiger partial charge in [0.05, 0.1) is 0 Å². The second kappa shape index (κ2) is 5.60. The van der Waals surface area contributed by atoms with E-state index in [1.807, 2.05) is 0 Å². The largest absolute Gasteiger partial charge is 0.480 e. The molecule has 0 spiro atoms. The zero-order valence-corrected chi connectivity index (χ0v) is 11.9. The van der Waals surface area contributed by atoms with Crippen molar-refractivity contribution in [1.82, 2.24) is 5.32 Å². The molecule has 2 fully saturated rings. The molecule has 0 aromatic heterocycles. The van der Waals surface area contributed by atoms with Gasteiger partial charge in [-0.25, -0.2) is 0 Å². The van der Waals surface area contributed by atoms with Gasteiger partial charge in [0.1, 0.15) is 6.04 Å². The van der Waals surface area contributed by atoms with E-state index in [0.29, 0.717) is 17.9 Å². The van der Waals surface area contributed by atoms with Gasteiger partial charge in [-0.2, -0.15) is 0 Å². The maximum atomic E-state index is 11.0. The molecule has 1 aliphatic heterocycles. The van der Waals surface area contributed by atoms with Crippen molar-refractivity contribution in [3.8, 4) is 0 Å². The van der Waals surface area contributed by atoms with E-state index < -0.39 is 5.97 Å². The highest BCUT2D eigenvalue weighted by molar-refractivity contribution is 5.73.